The highest BCUT2D eigenvalue weighted by atomic mass is 16.5. The minimum absolute atomic E-state index is 0.577. The summed E-state index contributed by atoms with van der Waals surface area (Å²) in [5.41, 5.74) is 5.13. The van der Waals surface area contributed by atoms with Gasteiger partial charge in [0.15, 0.2) is 17.5 Å². The van der Waals surface area contributed by atoms with Crippen LogP contribution in [0.25, 0.3) is 67.2 Å². The first-order chi connectivity index (χ1) is 22.2. The van der Waals surface area contributed by atoms with Gasteiger partial charge in [0.05, 0.1) is 11.2 Å². The summed E-state index contributed by atoms with van der Waals surface area (Å²) in [5.74, 6) is 1.80. The summed E-state index contributed by atoms with van der Waals surface area (Å²) in [6.45, 7) is 7.25. The molecular weight excluding hydrogens is 569 g/mol. The van der Waals surface area contributed by atoms with E-state index in [0.29, 0.717) is 17.5 Å². The molecule has 7 aromatic rings. The van der Waals surface area contributed by atoms with E-state index in [1.165, 1.54) is 0 Å². The molecule has 1 radical (unpaired) electrons. The van der Waals surface area contributed by atoms with Crippen LogP contribution in [0.3, 0.4) is 0 Å². The second-order valence-electron chi connectivity index (χ2n) is 12.5. The van der Waals surface area contributed by atoms with E-state index in [4.69, 9.17) is 24.0 Å². The number of benzene rings is 5. The van der Waals surface area contributed by atoms with Crippen molar-refractivity contribution in [3.63, 3.8) is 0 Å². The minimum atomic E-state index is -1.05. The highest BCUT2D eigenvalue weighted by Gasteiger charge is 2.35. The van der Waals surface area contributed by atoms with Crippen LogP contribution in [0, 0.1) is 0 Å². The molecule has 46 heavy (non-hydrogen) atoms. The molecule has 2 heterocycles. The van der Waals surface area contributed by atoms with Gasteiger partial charge in [0.2, 0.25) is 0 Å². The monoisotopic (exact) mass is 602 g/mol. The molecule has 5 aromatic carbocycles. The number of hydrogen-bond acceptors (Lipinski definition) is 6. The zero-order valence-corrected chi connectivity index (χ0v) is 26.2. The Balaban J connectivity index is 1.37. The van der Waals surface area contributed by atoms with Gasteiger partial charge in [-0.05, 0) is 45.4 Å². The number of nitrogens with zero attached hydrogens (tertiary/aromatic N) is 3. The van der Waals surface area contributed by atoms with Crippen molar-refractivity contribution in [2.24, 2.45) is 0 Å². The predicted octanol–water partition coefficient (Wildman–Crippen LogP) is 8.25. The molecule has 0 aliphatic carbocycles. The Bertz CT molecular complexity index is 2110. The van der Waals surface area contributed by atoms with Gasteiger partial charge in [0, 0.05) is 33.0 Å². The first-order valence-electron chi connectivity index (χ1n) is 15.3. The van der Waals surface area contributed by atoms with E-state index in [0.717, 1.165) is 55.2 Å². The van der Waals surface area contributed by atoms with Gasteiger partial charge >= 0.3 is 7.48 Å². The molecule has 0 bridgehead atoms. The van der Waals surface area contributed by atoms with Crippen molar-refractivity contribution in [2.45, 2.75) is 38.9 Å². The third kappa shape index (κ3) is 5.71. The maximum Gasteiger partial charge on any atom is 0.330 e. The van der Waals surface area contributed by atoms with E-state index in [2.05, 4.69) is 30.3 Å². The molecule has 0 aliphatic rings. The smallest absolute Gasteiger partial charge is 0.330 e. The predicted molar refractivity (Wildman–Crippen MR) is 186 cm³/mol. The third-order valence-corrected chi connectivity index (χ3v) is 8.59. The Hall–Kier alpha value is -5.11. The fraction of sp³-hybridized carbons (Fsp3) is 0.154. The van der Waals surface area contributed by atoms with Crippen LogP contribution >= 0.6 is 0 Å². The second-order valence-corrected chi connectivity index (χ2v) is 12.5. The van der Waals surface area contributed by atoms with Crippen molar-refractivity contribution in [2.75, 3.05) is 0 Å². The number of furan rings is 1. The van der Waals surface area contributed by atoms with Gasteiger partial charge in [-0.1, -0.05) is 115 Å². The van der Waals surface area contributed by atoms with Crippen molar-refractivity contribution >= 4 is 34.9 Å². The Kier molecular flexibility index (Phi) is 7.51. The van der Waals surface area contributed by atoms with Gasteiger partial charge in [0.25, 0.3) is 0 Å². The van der Waals surface area contributed by atoms with Crippen LogP contribution < -0.4 is 5.46 Å². The van der Waals surface area contributed by atoms with Crippen molar-refractivity contribution in [3.8, 4) is 45.3 Å². The molecule has 2 aromatic heterocycles. The Morgan fingerprint density at radius 2 is 1.13 bits per heavy atom. The maximum atomic E-state index is 10.7. The lowest BCUT2D eigenvalue weighted by Gasteiger charge is -2.37. The number of aromatic nitrogens is 3. The highest BCUT2D eigenvalue weighted by molar-refractivity contribution is 6.48. The fourth-order valence-corrected chi connectivity index (χ4v) is 5.25. The van der Waals surface area contributed by atoms with Crippen LogP contribution in [0.5, 0.6) is 0 Å². The molecule has 7 heteroatoms. The topological polar surface area (TPSA) is 81.3 Å². The molecule has 0 fully saturated rings. The van der Waals surface area contributed by atoms with Gasteiger partial charge in [-0.3, -0.25) is 0 Å². The number of rotatable bonds is 8. The zero-order valence-electron chi connectivity index (χ0n) is 26.2. The summed E-state index contributed by atoms with van der Waals surface area (Å²) in [6, 6.07) is 40.3. The summed E-state index contributed by atoms with van der Waals surface area (Å²) in [6.07, 6.45) is 0. The molecule has 225 valence electrons. The minimum Gasteiger partial charge on any atom is -0.455 e. The Labute approximate surface area is 269 Å². The molecule has 0 spiro atoms. The van der Waals surface area contributed by atoms with Crippen LogP contribution in [0.15, 0.2) is 126 Å². The van der Waals surface area contributed by atoms with Crippen molar-refractivity contribution < 1.29 is 14.2 Å². The van der Waals surface area contributed by atoms with Gasteiger partial charge < -0.3 is 14.2 Å². The molecule has 1 N–H and O–H groups in total. The van der Waals surface area contributed by atoms with Crippen molar-refractivity contribution in [1.82, 2.24) is 15.0 Å². The van der Waals surface area contributed by atoms with Gasteiger partial charge in [-0.15, -0.1) is 0 Å². The first kappa shape index (κ1) is 29.6. The van der Waals surface area contributed by atoms with Crippen molar-refractivity contribution in [3.05, 3.63) is 121 Å². The lowest BCUT2D eigenvalue weighted by atomic mass is 9.81. The van der Waals surface area contributed by atoms with Gasteiger partial charge in [0.1, 0.15) is 11.2 Å². The van der Waals surface area contributed by atoms with Crippen LogP contribution in [0.1, 0.15) is 27.7 Å². The zero-order chi connectivity index (χ0) is 31.9. The lowest BCUT2D eigenvalue weighted by Crippen LogP contribution is -2.49. The van der Waals surface area contributed by atoms with Crippen LogP contribution in [-0.4, -0.2) is 38.7 Å². The van der Waals surface area contributed by atoms with Crippen LogP contribution in [0.2, 0.25) is 0 Å². The van der Waals surface area contributed by atoms with E-state index in [-0.39, 0.29) is 0 Å². The van der Waals surface area contributed by atoms with E-state index < -0.39 is 11.2 Å². The summed E-state index contributed by atoms with van der Waals surface area (Å²) in [5, 5.41) is 12.7. The van der Waals surface area contributed by atoms with E-state index in [1.807, 2.05) is 105 Å². The summed E-state index contributed by atoms with van der Waals surface area (Å²) >= 11 is 0. The molecule has 0 saturated heterocycles. The molecule has 0 saturated carbocycles. The number of para-hydroxylation sites is 1. The Morgan fingerprint density at radius 1 is 0.587 bits per heavy atom. The molecule has 0 amide bonds. The molecule has 0 unspecified atom stereocenters. The SMILES string of the molecule is CC(C)(O)C(C)(C)O[B]c1cc(-c2cccc(-c3nc(-c4ccccc4)nc(-c4ccccc4)n3)c2)c2oc3ccccc3c2c1. The summed E-state index contributed by atoms with van der Waals surface area (Å²) in [4.78, 5) is 14.7. The summed E-state index contributed by atoms with van der Waals surface area (Å²) in [7, 11) is 1.72. The number of aliphatic hydroxyl groups is 1. The van der Waals surface area contributed by atoms with Crippen molar-refractivity contribution in [1.29, 1.82) is 0 Å². The molecule has 0 aliphatic heterocycles. The normalized spacial score (nSPS) is 12.1. The quantitative estimate of drug-likeness (QED) is 0.177. The molecular formula is C39H33BN3O3. The van der Waals surface area contributed by atoms with E-state index in [9.17, 15) is 5.11 Å². The van der Waals surface area contributed by atoms with Crippen LogP contribution in [-0.2, 0) is 4.65 Å². The van der Waals surface area contributed by atoms with Gasteiger partial charge in [-0.2, -0.15) is 0 Å². The largest absolute Gasteiger partial charge is 0.455 e. The van der Waals surface area contributed by atoms with E-state index in [1.54, 1.807) is 21.3 Å². The lowest BCUT2D eigenvalue weighted by molar-refractivity contribution is -0.0893. The standard InChI is InChI=1S/C39H33BN3O3/c1-38(2,44)39(3,4)46-40-29-23-31(34-32(24-29)30-20-11-12-21-33(30)45-34)27-18-13-19-28(22-27)37-42-35(25-14-7-5-8-15-25)41-36(43-37)26-16-9-6-10-17-26/h5-24,44H,1-4H3. The highest BCUT2D eigenvalue weighted by Crippen LogP contribution is 2.37. The average molecular weight is 603 g/mol. The third-order valence-electron chi connectivity index (χ3n) is 8.59. The second kappa shape index (κ2) is 11.7. The molecule has 6 nitrogen and oxygen atoms in total. The fourth-order valence-electron chi connectivity index (χ4n) is 5.25. The first-order valence-corrected chi connectivity index (χ1v) is 15.3. The van der Waals surface area contributed by atoms with E-state index >= 15 is 0 Å². The van der Waals surface area contributed by atoms with Gasteiger partial charge in [-0.25, -0.2) is 15.0 Å². The maximum absolute atomic E-state index is 10.7. The molecule has 7 rings (SSSR count). The Morgan fingerprint density at radius 3 is 1.76 bits per heavy atom. The average Bonchev–Trinajstić information content (AvgIpc) is 3.46. The molecule has 0 atom stereocenters. The number of hydrogen-bond donors (Lipinski definition) is 1. The summed E-state index contributed by atoms with van der Waals surface area (Å²) < 4.78 is 12.6. The van der Waals surface area contributed by atoms with Crippen LogP contribution in [0.4, 0.5) is 0 Å². The number of fused-ring (bicyclic) bond motifs is 3.